The zero-order chi connectivity index (χ0) is 8.43. The number of hydrogen-bond donors (Lipinski definition) is 0. The molecule has 1 rings (SSSR count). The third-order valence-corrected chi connectivity index (χ3v) is 1.58. The minimum Gasteiger partial charge on any atom is -0.458 e. The standard InChI is InChI=1S/C8H10O3/c1-5-3-7(4-8(5)10)11-6(2)9/h3,7H,4H2,1-2H3. The summed E-state index contributed by atoms with van der Waals surface area (Å²) in [7, 11) is 0. The summed E-state index contributed by atoms with van der Waals surface area (Å²) in [5.41, 5.74) is 0.691. The Hall–Kier alpha value is -1.12. The van der Waals surface area contributed by atoms with Gasteiger partial charge in [-0.1, -0.05) is 0 Å². The SMILES string of the molecule is CC(=O)OC1C=C(C)C(=O)C1. The van der Waals surface area contributed by atoms with Gasteiger partial charge in [0.25, 0.3) is 0 Å². The first-order valence-electron chi connectivity index (χ1n) is 3.48. The number of esters is 1. The Balaban J connectivity index is 2.54. The fourth-order valence-corrected chi connectivity index (χ4v) is 1.06. The van der Waals surface area contributed by atoms with Gasteiger partial charge in [-0.2, -0.15) is 0 Å². The highest BCUT2D eigenvalue weighted by atomic mass is 16.5. The molecule has 3 heteroatoms. The molecule has 0 fully saturated rings. The van der Waals surface area contributed by atoms with Crippen molar-refractivity contribution in [3.8, 4) is 0 Å². The first-order chi connectivity index (χ1) is 5.09. The van der Waals surface area contributed by atoms with Gasteiger partial charge < -0.3 is 4.74 Å². The van der Waals surface area contributed by atoms with Crippen LogP contribution in [-0.2, 0) is 14.3 Å². The number of ether oxygens (including phenoxy) is 1. The summed E-state index contributed by atoms with van der Waals surface area (Å²) in [4.78, 5) is 21.4. The van der Waals surface area contributed by atoms with Gasteiger partial charge in [-0.3, -0.25) is 9.59 Å². The topological polar surface area (TPSA) is 43.4 Å². The Labute approximate surface area is 65.0 Å². The van der Waals surface area contributed by atoms with Crippen LogP contribution < -0.4 is 0 Å². The Morgan fingerprint density at radius 2 is 2.36 bits per heavy atom. The molecular formula is C8H10O3. The highest BCUT2D eigenvalue weighted by molar-refractivity contribution is 5.98. The van der Waals surface area contributed by atoms with Crippen LogP contribution in [0.2, 0.25) is 0 Å². The van der Waals surface area contributed by atoms with E-state index in [1.807, 2.05) is 0 Å². The van der Waals surface area contributed by atoms with E-state index in [0.717, 1.165) is 0 Å². The van der Waals surface area contributed by atoms with Crippen LogP contribution in [0, 0.1) is 0 Å². The van der Waals surface area contributed by atoms with Crippen molar-refractivity contribution in [3.05, 3.63) is 11.6 Å². The molecule has 0 spiro atoms. The van der Waals surface area contributed by atoms with Crippen LogP contribution in [0.4, 0.5) is 0 Å². The fourth-order valence-electron chi connectivity index (χ4n) is 1.06. The smallest absolute Gasteiger partial charge is 0.303 e. The van der Waals surface area contributed by atoms with E-state index in [4.69, 9.17) is 4.74 Å². The van der Waals surface area contributed by atoms with E-state index in [9.17, 15) is 9.59 Å². The molecular weight excluding hydrogens is 144 g/mol. The third kappa shape index (κ3) is 1.90. The number of ketones is 1. The van der Waals surface area contributed by atoms with Crippen molar-refractivity contribution in [3.63, 3.8) is 0 Å². The summed E-state index contributed by atoms with van der Waals surface area (Å²) in [6.45, 7) is 3.07. The monoisotopic (exact) mass is 154 g/mol. The van der Waals surface area contributed by atoms with E-state index in [-0.39, 0.29) is 17.9 Å². The molecule has 0 aliphatic heterocycles. The Morgan fingerprint density at radius 3 is 2.73 bits per heavy atom. The summed E-state index contributed by atoms with van der Waals surface area (Å²) in [5.74, 6) is -0.273. The molecule has 0 heterocycles. The second-order valence-electron chi connectivity index (χ2n) is 2.62. The fraction of sp³-hybridized carbons (Fsp3) is 0.500. The highest BCUT2D eigenvalue weighted by Gasteiger charge is 2.22. The molecule has 1 aliphatic rings. The average molecular weight is 154 g/mol. The molecule has 0 aromatic heterocycles. The molecule has 0 saturated carbocycles. The lowest BCUT2D eigenvalue weighted by molar-refractivity contribution is -0.144. The molecule has 1 atom stereocenters. The maximum Gasteiger partial charge on any atom is 0.303 e. The molecule has 1 unspecified atom stereocenters. The number of allylic oxidation sites excluding steroid dienone is 1. The molecule has 0 N–H and O–H groups in total. The molecule has 11 heavy (non-hydrogen) atoms. The van der Waals surface area contributed by atoms with Gasteiger partial charge in [0, 0.05) is 6.92 Å². The Kier molecular flexibility index (Phi) is 2.08. The van der Waals surface area contributed by atoms with E-state index in [2.05, 4.69) is 0 Å². The van der Waals surface area contributed by atoms with Crippen LogP contribution in [0.3, 0.4) is 0 Å². The molecule has 0 bridgehead atoms. The molecule has 3 nitrogen and oxygen atoms in total. The van der Waals surface area contributed by atoms with Crippen molar-refractivity contribution in [2.45, 2.75) is 26.4 Å². The second-order valence-corrected chi connectivity index (χ2v) is 2.62. The third-order valence-electron chi connectivity index (χ3n) is 1.58. The summed E-state index contributed by atoms with van der Waals surface area (Å²) in [5, 5.41) is 0. The minimum absolute atomic E-state index is 0.0660. The summed E-state index contributed by atoms with van der Waals surface area (Å²) < 4.78 is 4.82. The Bertz CT molecular complexity index is 227. The van der Waals surface area contributed by atoms with Crippen LogP contribution in [0.1, 0.15) is 20.3 Å². The van der Waals surface area contributed by atoms with Gasteiger partial charge in [0.2, 0.25) is 0 Å². The number of hydrogen-bond acceptors (Lipinski definition) is 3. The molecule has 0 aromatic rings. The molecule has 60 valence electrons. The lowest BCUT2D eigenvalue weighted by Crippen LogP contribution is -2.12. The summed E-state index contributed by atoms with van der Waals surface area (Å²) >= 11 is 0. The predicted octanol–water partition coefficient (Wildman–Crippen LogP) is 0.837. The second kappa shape index (κ2) is 2.86. The molecule has 0 amide bonds. The summed E-state index contributed by atoms with van der Waals surface area (Å²) in [6.07, 6.45) is 1.68. The van der Waals surface area contributed by atoms with Crippen LogP contribution in [0.5, 0.6) is 0 Å². The van der Waals surface area contributed by atoms with Gasteiger partial charge >= 0.3 is 5.97 Å². The van der Waals surface area contributed by atoms with Crippen LogP contribution in [-0.4, -0.2) is 17.9 Å². The Morgan fingerprint density at radius 1 is 1.73 bits per heavy atom. The van der Waals surface area contributed by atoms with E-state index < -0.39 is 0 Å². The van der Waals surface area contributed by atoms with Crippen molar-refractivity contribution in [2.75, 3.05) is 0 Å². The van der Waals surface area contributed by atoms with Crippen molar-refractivity contribution < 1.29 is 14.3 Å². The first kappa shape index (κ1) is 7.98. The molecule has 0 radical (unpaired) electrons. The van der Waals surface area contributed by atoms with E-state index in [0.29, 0.717) is 12.0 Å². The van der Waals surface area contributed by atoms with Crippen LogP contribution in [0.15, 0.2) is 11.6 Å². The normalized spacial score (nSPS) is 23.3. The zero-order valence-corrected chi connectivity index (χ0v) is 6.59. The lowest BCUT2D eigenvalue weighted by Gasteiger charge is -2.05. The van der Waals surface area contributed by atoms with Gasteiger partial charge in [-0.25, -0.2) is 0 Å². The maximum atomic E-state index is 10.9. The van der Waals surface area contributed by atoms with Gasteiger partial charge in [0.15, 0.2) is 5.78 Å². The average Bonchev–Trinajstić information content (AvgIpc) is 2.10. The zero-order valence-electron chi connectivity index (χ0n) is 6.59. The van der Waals surface area contributed by atoms with Crippen molar-refractivity contribution in [1.82, 2.24) is 0 Å². The van der Waals surface area contributed by atoms with E-state index in [1.165, 1.54) is 6.92 Å². The number of carbonyl (C=O) groups is 2. The van der Waals surface area contributed by atoms with Gasteiger partial charge in [0.1, 0.15) is 6.10 Å². The quantitative estimate of drug-likeness (QED) is 0.525. The first-order valence-corrected chi connectivity index (χ1v) is 3.48. The van der Waals surface area contributed by atoms with Crippen LogP contribution >= 0.6 is 0 Å². The highest BCUT2D eigenvalue weighted by Crippen LogP contribution is 2.16. The van der Waals surface area contributed by atoms with E-state index in [1.54, 1.807) is 13.0 Å². The van der Waals surface area contributed by atoms with Crippen LogP contribution in [0.25, 0.3) is 0 Å². The minimum atomic E-state index is -0.339. The number of Topliss-reactive ketones (excluding diaryl/α,β-unsaturated/α-hetero) is 1. The predicted molar refractivity (Wildman–Crippen MR) is 38.9 cm³/mol. The summed E-state index contributed by atoms with van der Waals surface area (Å²) in [6, 6.07) is 0. The molecule has 1 aliphatic carbocycles. The van der Waals surface area contributed by atoms with Gasteiger partial charge in [0.05, 0.1) is 6.42 Å². The maximum absolute atomic E-state index is 10.9. The van der Waals surface area contributed by atoms with E-state index >= 15 is 0 Å². The lowest BCUT2D eigenvalue weighted by atomic mass is 10.2. The van der Waals surface area contributed by atoms with Gasteiger partial charge in [-0.15, -0.1) is 0 Å². The number of carbonyl (C=O) groups excluding carboxylic acids is 2. The molecule has 0 aromatic carbocycles. The van der Waals surface area contributed by atoms with Crippen molar-refractivity contribution >= 4 is 11.8 Å². The molecule has 0 saturated heterocycles. The largest absolute Gasteiger partial charge is 0.458 e. The van der Waals surface area contributed by atoms with Crippen molar-refractivity contribution in [2.24, 2.45) is 0 Å². The number of rotatable bonds is 1. The van der Waals surface area contributed by atoms with Crippen molar-refractivity contribution in [1.29, 1.82) is 0 Å². The van der Waals surface area contributed by atoms with Gasteiger partial charge in [-0.05, 0) is 18.6 Å².